The van der Waals surface area contributed by atoms with Crippen LogP contribution in [0.25, 0.3) is 22.3 Å². The molecular weight excluding hydrogens is 420 g/mol. The van der Waals surface area contributed by atoms with E-state index in [0.717, 1.165) is 17.0 Å². The molecule has 1 heteroatoms. The van der Waals surface area contributed by atoms with E-state index >= 15 is 0 Å². The third-order valence-electron chi connectivity index (χ3n) is 6.68. The monoisotopic (exact) mass is 460 g/mol. The Balaban J connectivity index is 1.46. The van der Waals surface area contributed by atoms with Gasteiger partial charge in [0.2, 0.25) is 0 Å². The molecule has 0 radical (unpaired) electrons. The van der Waals surface area contributed by atoms with Crippen LogP contribution in [0.4, 0.5) is 0 Å². The molecule has 0 aliphatic carbocycles. The maximum Gasteiger partial charge on any atom is 0.0516 e. The van der Waals surface area contributed by atoms with Crippen LogP contribution in [-0.4, -0.2) is 0 Å². The zero-order valence-corrected chi connectivity index (χ0v) is 21.3. The Morgan fingerprint density at radius 2 is 1.00 bits per heavy atom. The van der Waals surface area contributed by atoms with Gasteiger partial charge >= 0.3 is 0 Å². The molecule has 0 N–H and O–H groups in total. The maximum absolute atomic E-state index is 6.95. The van der Waals surface area contributed by atoms with Crippen LogP contribution in [-0.2, 0) is 6.42 Å². The van der Waals surface area contributed by atoms with Crippen LogP contribution in [0.2, 0.25) is 5.02 Å². The summed E-state index contributed by atoms with van der Waals surface area (Å²) in [4.78, 5) is 0. The normalized spacial score (nSPS) is 11.1. The predicted octanol–water partition coefficient (Wildman–Crippen LogP) is 10.9. The van der Waals surface area contributed by atoms with Gasteiger partial charge in [-0.15, -0.1) is 0 Å². The van der Waals surface area contributed by atoms with Crippen LogP contribution in [0.15, 0.2) is 72.8 Å². The summed E-state index contributed by atoms with van der Waals surface area (Å²) in [5.74, 6) is 0. The Bertz CT molecular complexity index is 928. The molecule has 0 fully saturated rings. The third-order valence-corrected chi connectivity index (χ3v) is 7.13. The van der Waals surface area contributed by atoms with E-state index in [1.807, 2.05) is 0 Å². The van der Waals surface area contributed by atoms with Crippen LogP contribution >= 0.6 is 11.6 Å². The average Bonchev–Trinajstić information content (AvgIpc) is 2.86. The fourth-order valence-corrected chi connectivity index (χ4v) is 5.05. The first kappa shape index (κ1) is 25.6. The Kier molecular flexibility index (Phi) is 11.6. The Morgan fingerprint density at radius 1 is 0.485 bits per heavy atom. The van der Waals surface area contributed by atoms with Gasteiger partial charge in [0, 0.05) is 5.56 Å². The lowest BCUT2D eigenvalue weighted by molar-refractivity contribution is 0.544. The summed E-state index contributed by atoms with van der Waals surface area (Å²) in [5, 5.41) is 0.920. The molecule has 3 aromatic carbocycles. The SMILES string of the molecule is CCCCCCCCCCCCCCc1cccc(-c2ccccc2-c2ccccc2)c1Cl. The summed E-state index contributed by atoms with van der Waals surface area (Å²) < 4.78 is 0. The van der Waals surface area contributed by atoms with E-state index in [1.54, 1.807) is 0 Å². The fourth-order valence-electron chi connectivity index (χ4n) is 4.72. The Hall–Kier alpha value is -2.05. The van der Waals surface area contributed by atoms with Gasteiger partial charge in [0.1, 0.15) is 0 Å². The minimum Gasteiger partial charge on any atom is -0.0834 e. The summed E-state index contributed by atoms with van der Waals surface area (Å²) in [6, 6.07) is 25.7. The molecule has 0 bridgehead atoms. The highest BCUT2D eigenvalue weighted by atomic mass is 35.5. The first-order valence-electron chi connectivity index (χ1n) is 13.2. The second kappa shape index (κ2) is 15.0. The van der Waals surface area contributed by atoms with Gasteiger partial charge in [0.15, 0.2) is 0 Å². The van der Waals surface area contributed by atoms with Gasteiger partial charge in [-0.2, -0.15) is 0 Å². The number of hydrogen-bond acceptors (Lipinski definition) is 0. The molecule has 0 atom stereocenters. The molecule has 0 saturated heterocycles. The molecule has 3 aromatic rings. The van der Waals surface area contributed by atoms with E-state index in [2.05, 4.69) is 79.7 Å². The molecule has 0 aliphatic rings. The molecule has 0 aromatic heterocycles. The van der Waals surface area contributed by atoms with Crippen molar-refractivity contribution in [2.24, 2.45) is 0 Å². The molecule has 0 unspecified atom stereocenters. The van der Waals surface area contributed by atoms with E-state index < -0.39 is 0 Å². The minimum absolute atomic E-state index is 0.920. The molecule has 176 valence electrons. The van der Waals surface area contributed by atoms with Crippen molar-refractivity contribution >= 4 is 11.6 Å². The summed E-state index contributed by atoms with van der Waals surface area (Å²) in [5.41, 5.74) is 6.11. The van der Waals surface area contributed by atoms with Crippen molar-refractivity contribution in [2.75, 3.05) is 0 Å². The van der Waals surface area contributed by atoms with Crippen molar-refractivity contribution in [3.63, 3.8) is 0 Å². The summed E-state index contributed by atoms with van der Waals surface area (Å²) in [6.45, 7) is 2.29. The van der Waals surface area contributed by atoms with Gasteiger partial charge in [-0.25, -0.2) is 0 Å². The van der Waals surface area contributed by atoms with E-state index in [-0.39, 0.29) is 0 Å². The second-order valence-electron chi connectivity index (χ2n) is 9.33. The Labute approximate surface area is 207 Å². The lowest BCUT2D eigenvalue weighted by Gasteiger charge is -2.14. The maximum atomic E-state index is 6.95. The number of unbranched alkanes of at least 4 members (excludes halogenated alkanes) is 11. The van der Waals surface area contributed by atoms with E-state index in [1.165, 1.54) is 99.3 Å². The number of aryl methyl sites for hydroxylation is 1. The second-order valence-corrected chi connectivity index (χ2v) is 9.71. The van der Waals surface area contributed by atoms with Crippen LogP contribution < -0.4 is 0 Å². The quantitative estimate of drug-likeness (QED) is 0.198. The summed E-state index contributed by atoms with van der Waals surface area (Å²) in [6.07, 6.45) is 17.6. The van der Waals surface area contributed by atoms with Crippen LogP contribution in [0.1, 0.15) is 89.5 Å². The van der Waals surface area contributed by atoms with Crippen molar-refractivity contribution < 1.29 is 0 Å². The highest BCUT2D eigenvalue weighted by Crippen LogP contribution is 2.37. The molecule has 0 aliphatic heterocycles. The molecule has 0 saturated carbocycles. The molecule has 0 heterocycles. The number of benzene rings is 3. The summed E-state index contributed by atoms with van der Waals surface area (Å²) >= 11 is 6.95. The van der Waals surface area contributed by atoms with Crippen molar-refractivity contribution in [1.82, 2.24) is 0 Å². The predicted molar refractivity (Wildman–Crippen MR) is 147 cm³/mol. The first-order valence-corrected chi connectivity index (χ1v) is 13.6. The van der Waals surface area contributed by atoms with E-state index in [9.17, 15) is 0 Å². The number of rotatable bonds is 15. The lowest BCUT2D eigenvalue weighted by Crippen LogP contribution is -1.92. The van der Waals surface area contributed by atoms with E-state index in [4.69, 9.17) is 11.6 Å². The van der Waals surface area contributed by atoms with Crippen molar-refractivity contribution in [3.05, 3.63) is 83.4 Å². The zero-order valence-electron chi connectivity index (χ0n) is 20.5. The average molecular weight is 461 g/mol. The molecule has 0 nitrogen and oxygen atoms in total. The van der Waals surface area contributed by atoms with Gasteiger partial charge in [-0.3, -0.25) is 0 Å². The lowest BCUT2D eigenvalue weighted by atomic mass is 9.93. The molecular formula is C32H41Cl. The number of halogens is 1. The van der Waals surface area contributed by atoms with Gasteiger partial charge in [0.25, 0.3) is 0 Å². The molecule has 33 heavy (non-hydrogen) atoms. The summed E-state index contributed by atoms with van der Waals surface area (Å²) in [7, 11) is 0. The molecule has 0 spiro atoms. The topological polar surface area (TPSA) is 0 Å². The zero-order chi connectivity index (χ0) is 23.1. The van der Waals surface area contributed by atoms with Gasteiger partial charge in [0.05, 0.1) is 5.02 Å². The standard InChI is InChI=1S/C32H41Cl/c1-2-3-4-5-6-7-8-9-10-11-12-14-22-28-23-19-26-31(32(28)33)30-25-18-17-24-29(30)27-20-15-13-16-21-27/h13,15-21,23-26H,2-12,14,22H2,1H3. The minimum atomic E-state index is 0.920. The van der Waals surface area contributed by atoms with Crippen LogP contribution in [0, 0.1) is 0 Å². The highest BCUT2D eigenvalue weighted by molar-refractivity contribution is 6.34. The van der Waals surface area contributed by atoms with Crippen molar-refractivity contribution in [2.45, 2.75) is 90.4 Å². The van der Waals surface area contributed by atoms with Gasteiger partial charge < -0.3 is 0 Å². The molecule has 3 rings (SSSR count). The van der Waals surface area contributed by atoms with Gasteiger partial charge in [-0.1, -0.05) is 162 Å². The highest BCUT2D eigenvalue weighted by Gasteiger charge is 2.12. The first-order chi connectivity index (χ1) is 16.3. The van der Waals surface area contributed by atoms with Crippen LogP contribution in [0.5, 0.6) is 0 Å². The number of hydrogen-bond donors (Lipinski definition) is 0. The third kappa shape index (κ3) is 8.35. The van der Waals surface area contributed by atoms with Crippen molar-refractivity contribution in [1.29, 1.82) is 0 Å². The fraction of sp³-hybridized carbons (Fsp3) is 0.438. The smallest absolute Gasteiger partial charge is 0.0516 e. The Morgan fingerprint density at radius 3 is 1.64 bits per heavy atom. The largest absolute Gasteiger partial charge is 0.0834 e. The van der Waals surface area contributed by atoms with Gasteiger partial charge in [-0.05, 0) is 35.1 Å². The molecule has 0 amide bonds. The van der Waals surface area contributed by atoms with E-state index in [0.29, 0.717) is 0 Å². The van der Waals surface area contributed by atoms with Crippen molar-refractivity contribution in [3.8, 4) is 22.3 Å². The van der Waals surface area contributed by atoms with Crippen LogP contribution in [0.3, 0.4) is 0 Å².